The van der Waals surface area contributed by atoms with Crippen molar-refractivity contribution in [3.63, 3.8) is 0 Å². The zero-order chi connectivity index (χ0) is 16.1. The summed E-state index contributed by atoms with van der Waals surface area (Å²) in [5, 5.41) is 0. The highest BCUT2D eigenvalue weighted by Crippen LogP contribution is 2.22. The molecule has 1 aromatic rings. The van der Waals surface area contributed by atoms with Crippen LogP contribution in [-0.2, 0) is 9.53 Å². The van der Waals surface area contributed by atoms with Crippen molar-refractivity contribution in [2.75, 3.05) is 37.7 Å². The molecule has 1 amide bonds. The maximum atomic E-state index is 12.3. The van der Waals surface area contributed by atoms with E-state index in [2.05, 4.69) is 9.88 Å². The molecule has 6 nitrogen and oxygen atoms in total. The zero-order valence-corrected chi connectivity index (χ0v) is 13.4. The van der Waals surface area contributed by atoms with Gasteiger partial charge in [0.15, 0.2) is 6.61 Å². The number of nitrogens with zero attached hydrogens (tertiary/aromatic N) is 3. The number of ether oxygens (including phenoxy) is 1. The molecule has 0 bridgehead atoms. The van der Waals surface area contributed by atoms with Gasteiger partial charge in [-0.05, 0) is 44.2 Å². The van der Waals surface area contributed by atoms with Crippen molar-refractivity contribution in [1.29, 1.82) is 0 Å². The minimum absolute atomic E-state index is 0.107. The van der Waals surface area contributed by atoms with Gasteiger partial charge in [-0.25, -0.2) is 9.78 Å². The second-order valence-electron chi connectivity index (χ2n) is 6.09. The molecule has 2 saturated heterocycles. The Morgan fingerprint density at radius 1 is 1.04 bits per heavy atom. The van der Waals surface area contributed by atoms with Crippen LogP contribution < -0.4 is 4.90 Å². The number of carbonyl (C=O) groups is 2. The summed E-state index contributed by atoms with van der Waals surface area (Å²) >= 11 is 0. The smallest absolute Gasteiger partial charge is 0.342 e. The molecule has 1 aromatic heterocycles. The van der Waals surface area contributed by atoms with Gasteiger partial charge in [0, 0.05) is 32.4 Å². The Balaban J connectivity index is 1.60. The Kier molecular flexibility index (Phi) is 5.10. The lowest BCUT2D eigenvalue weighted by Gasteiger charge is -2.26. The molecule has 0 atom stereocenters. The van der Waals surface area contributed by atoms with Gasteiger partial charge in [-0.15, -0.1) is 0 Å². The van der Waals surface area contributed by atoms with Gasteiger partial charge in [-0.1, -0.05) is 0 Å². The molecule has 0 unspecified atom stereocenters. The third-order valence-electron chi connectivity index (χ3n) is 4.45. The van der Waals surface area contributed by atoms with E-state index in [0.29, 0.717) is 11.4 Å². The molecule has 0 aliphatic carbocycles. The van der Waals surface area contributed by atoms with Gasteiger partial charge in [0.25, 0.3) is 5.91 Å². The third-order valence-corrected chi connectivity index (χ3v) is 4.45. The van der Waals surface area contributed by atoms with E-state index in [-0.39, 0.29) is 12.5 Å². The molecule has 2 aliphatic heterocycles. The minimum atomic E-state index is -0.467. The van der Waals surface area contributed by atoms with Crippen LogP contribution >= 0.6 is 0 Å². The van der Waals surface area contributed by atoms with E-state index in [1.54, 1.807) is 23.2 Å². The molecule has 3 heterocycles. The quantitative estimate of drug-likeness (QED) is 0.793. The first kappa shape index (κ1) is 15.8. The Hall–Kier alpha value is -2.11. The molecule has 2 aliphatic rings. The Morgan fingerprint density at radius 3 is 2.48 bits per heavy atom. The maximum Gasteiger partial charge on any atom is 0.342 e. The van der Waals surface area contributed by atoms with Crippen LogP contribution in [0, 0.1) is 0 Å². The predicted octanol–water partition coefficient (Wildman–Crippen LogP) is 1.85. The monoisotopic (exact) mass is 317 g/mol. The fourth-order valence-electron chi connectivity index (χ4n) is 3.18. The molecule has 0 N–H and O–H groups in total. The SMILES string of the molecule is O=C(OCC(=O)N1CCCCC1)c1cccnc1N1CCCC1. The number of amides is 1. The van der Waals surface area contributed by atoms with E-state index >= 15 is 0 Å². The van der Waals surface area contributed by atoms with Crippen LogP contribution in [0.25, 0.3) is 0 Å². The molecule has 0 saturated carbocycles. The van der Waals surface area contributed by atoms with E-state index in [1.807, 2.05) is 0 Å². The molecular formula is C17H23N3O3. The summed E-state index contributed by atoms with van der Waals surface area (Å²) < 4.78 is 5.25. The van der Waals surface area contributed by atoms with Crippen LogP contribution in [0.3, 0.4) is 0 Å². The summed E-state index contributed by atoms with van der Waals surface area (Å²) in [6, 6.07) is 3.44. The number of carbonyl (C=O) groups excluding carboxylic acids is 2. The third kappa shape index (κ3) is 3.81. The van der Waals surface area contributed by atoms with E-state index in [9.17, 15) is 9.59 Å². The Bertz CT molecular complexity index is 564. The summed E-state index contributed by atoms with van der Waals surface area (Å²) in [6.07, 6.45) is 7.13. The van der Waals surface area contributed by atoms with E-state index in [4.69, 9.17) is 4.74 Å². The number of hydrogen-bond donors (Lipinski definition) is 0. The second-order valence-corrected chi connectivity index (χ2v) is 6.09. The van der Waals surface area contributed by atoms with Gasteiger partial charge in [0.05, 0.1) is 0 Å². The van der Waals surface area contributed by atoms with Gasteiger partial charge in [0.2, 0.25) is 0 Å². The number of likely N-dealkylation sites (tertiary alicyclic amines) is 1. The molecule has 23 heavy (non-hydrogen) atoms. The first-order valence-corrected chi connectivity index (χ1v) is 8.40. The van der Waals surface area contributed by atoms with Crippen LogP contribution in [0.5, 0.6) is 0 Å². The fraction of sp³-hybridized carbons (Fsp3) is 0.588. The summed E-state index contributed by atoms with van der Waals surface area (Å²) in [6.45, 7) is 3.16. The van der Waals surface area contributed by atoms with E-state index in [0.717, 1.165) is 51.9 Å². The molecule has 6 heteroatoms. The van der Waals surface area contributed by atoms with Crippen LogP contribution in [0.15, 0.2) is 18.3 Å². The normalized spacial score (nSPS) is 18.1. The average molecular weight is 317 g/mol. The fourth-order valence-corrected chi connectivity index (χ4v) is 3.18. The largest absolute Gasteiger partial charge is 0.452 e. The second kappa shape index (κ2) is 7.44. The van der Waals surface area contributed by atoms with Crippen LogP contribution in [0.4, 0.5) is 5.82 Å². The first-order chi connectivity index (χ1) is 11.3. The molecule has 3 rings (SSSR count). The lowest BCUT2D eigenvalue weighted by molar-refractivity contribution is -0.135. The number of rotatable bonds is 4. The van der Waals surface area contributed by atoms with Gasteiger partial charge in [-0.2, -0.15) is 0 Å². The highest BCUT2D eigenvalue weighted by atomic mass is 16.5. The number of pyridine rings is 1. The van der Waals surface area contributed by atoms with Gasteiger partial charge in [-0.3, -0.25) is 4.79 Å². The first-order valence-electron chi connectivity index (χ1n) is 8.40. The van der Waals surface area contributed by atoms with Gasteiger partial charge in [0.1, 0.15) is 11.4 Å². The molecule has 2 fully saturated rings. The summed E-state index contributed by atoms with van der Waals surface area (Å²) in [4.78, 5) is 32.7. The lowest BCUT2D eigenvalue weighted by Crippen LogP contribution is -2.38. The number of esters is 1. The predicted molar refractivity (Wildman–Crippen MR) is 86.4 cm³/mol. The number of piperidine rings is 1. The van der Waals surface area contributed by atoms with Crippen molar-refractivity contribution in [3.05, 3.63) is 23.9 Å². The van der Waals surface area contributed by atoms with Gasteiger partial charge >= 0.3 is 5.97 Å². The zero-order valence-electron chi connectivity index (χ0n) is 13.4. The average Bonchev–Trinajstić information content (AvgIpc) is 3.14. The molecule has 0 spiro atoms. The standard InChI is InChI=1S/C17H23N3O3/c21-15(19-9-2-1-3-10-19)13-23-17(22)14-7-6-8-18-16(14)20-11-4-5-12-20/h6-8H,1-5,9-13H2. The number of aromatic nitrogens is 1. The molecule has 0 radical (unpaired) electrons. The van der Waals surface area contributed by atoms with Crippen molar-refractivity contribution >= 4 is 17.7 Å². The van der Waals surface area contributed by atoms with E-state index < -0.39 is 5.97 Å². The number of anilines is 1. The minimum Gasteiger partial charge on any atom is -0.452 e. The van der Waals surface area contributed by atoms with Crippen molar-refractivity contribution in [3.8, 4) is 0 Å². The Labute approximate surface area is 136 Å². The summed E-state index contributed by atoms with van der Waals surface area (Å²) in [5.41, 5.74) is 0.445. The number of hydrogen-bond acceptors (Lipinski definition) is 5. The van der Waals surface area contributed by atoms with Crippen LogP contribution in [-0.4, -0.2) is 54.5 Å². The van der Waals surface area contributed by atoms with Crippen molar-refractivity contribution in [2.24, 2.45) is 0 Å². The van der Waals surface area contributed by atoms with Crippen LogP contribution in [0.1, 0.15) is 42.5 Å². The summed E-state index contributed by atoms with van der Waals surface area (Å²) in [5.74, 6) is 0.0930. The Morgan fingerprint density at radius 2 is 1.74 bits per heavy atom. The van der Waals surface area contributed by atoms with Crippen LogP contribution in [0.2, 0.25) is 0 Å². The molecule has 124 valence electrons. The topological polar surface area (TPSA) is 62.7 Å². The van der Waals surface area contributed by atoms with Gasteiger partial charge < -0.3 is 14.5 Å². The van der Waals surface area contributed by atoms with E-state index in [1.165, 1.54) is 6.42 Å². The maximum absolute atomic E-state index is 12.3. The lowest BCUT2D eigenvalue weighted by atomic mass is 10.1. The van der Waals surface area contributed by atoms with Crippen molar-refractivity contribution in [1.82, 2.24) is 9.88 Å². The molecular weight excluding hydrogens is 294 g/mol. The summed E-state index contributed by atoms with van der Waals surface area (Å²) in [7, 11) is 0. The highest BCUT2D eigenvalue weighted by molar-refractivity contribution is 5.96. The van der Waals surface area contributed by atoms with Crippen molar-refractivity contribution < 1.29 is 14.3 Å². The molecule has 0 aromatic carbocycles. The van der Waals surface area contributed by atoms with Crippen molar-refractivity contribution in [2.45, 2.75) is 32.1 Å². The highest BCUT2D eigenvalue weighted by Gasteiger charge is 2.23.